The second-order valence-electron chi connectivity index (χ2n) is 5.52. The summed E-state index contributed by atoms with van der Waals surface area (Å²) in [5.74, 6) is -0.663. The van der Waals surface area contributed by atoms with E-state index in [-0.39, 0.29) is 0 Å². The van der Waals surface area contributed by atoms with E-state index in [0.717, 1.165) is 22.0 Å². The van der Waals surface area contributed by atoms with Crippen LogP contribution in [0.3, 0.4) is 0 Å². The Balaban J connectivity index is 1.88. The number of ether oxygens (including phenoxy) is 1. The first-order valence-electron chi connectivity index (χ1n) is 8.37. The van der Waals surface area contributed by atoms with E-state index in [1.807, 2.05) is 31.4 Å². The van der Waals surface area contributed by atoms with Crippen molar-refractivity contribution in [2.24, 2.45) is 0 Å². The lowest BCUT2D eigenvalue weighted by molar-refractivity contribution is -0.123. The molecule has 1 aromatic heterocycles. The maximum atomic E-state index is 12.3. The van der Waals surface area contributed by atoms with Crippen molar-refractivity contribution in [3.63, 3.8) is 0 Å². The summed E-state index contributed by atoms with van der Waals surface area (Å²) in [4.78, 5) is 40.6. The number of carbonyl (C=O) groups is 3. The number of aryl methyl sites for hydroxylation is 1. The first-order chi connectivity index (χ1) is 13.0. The molecule has 1 heterocycles. The molecule has 1 aromatic carbocycles. The van der Waals surface area contributed by atoms with Crippen LogP contribution in [0.25, 0.3) is 0 Å². The van der Waals surface area contributed by atoms with E-state index in [4.69, 9.17) is 4.74 Å². The Bertz CT molecular complexity index is 807. The lowest BCUT2D eigenvalue weighted by Gasteiger charge is -2.09. The number of thioether (sulfide) groups is 1. The fraction of sp³-hybridized carbons (Fsp3) is 0.333. The van der Waals surface area contributed by atoms with Crippen LogP contribution in [0, 0.1) is 6.92 Å². The number of thiazole rings is 1. The first kappa shape index (κ1) is 20.9. The molecule has 0 bridgehead atoms. The highest BCUT2D eigenvalue weighted by molar-refractivity contribution is 7.98. The molecule has 0 saturated heterocycles. The third-order valence-electron chi connectivity index (χ3n) is 3.27. The van der Waals surface area contributed by atoms with Crippen LogP contribution in [0.5, 0.6) is 0 Å². The number of nitrogens with zero attached hydrogens (tertiary/aromatic N) is 1. The maximum Gasteiger partial charge on any atom is 0.339 e. The minimum Gasteiger partial charge on any atom is -0.452 e. The molecule has 0 spiro atoms. The van der Waals surface area contributed by atoms with Crippen molar-refractivity contribution in [2.45, 2.75) is 30.9 Å². The smallest absolute Gasteiger partial charge is 0.339 e. The predicted octanol–water partition coefficient (Wildman–Crippen LogP) is 3.14. The molecule has 2 aromatic rings. The van der Waals surface area contributed by atoms with Gasteiger partial charge in [0, 0.05) is 22.6 Å². The van der Waals surface area contributed by atoms with Crippen LogP contribution in [0.2, 0.25) is 0 Å². The Kier molecular flexibility index (Phi) is 8.28. The van der Waals surface area contributed by atoms with E-state index in [2.05, 4.69) is 15.6 Å². The van der Waals surface area contributed by atoms with Crippen LogP contribution in [-0.4, -0.2) is 36.0 Å². The summed E-state index contributed by atoms with van der Waals surface area (Å²) in [6.45, 7) is 3.78. The zero-order valence-electron chi connectivity index (χ0n) is 15.1. The van der Waals surface area contributed by atoms with Crippen molar-refractivity contribution in [2.75, 3.05) is 13.2 Å². The SMILES string of the molecule is CCCNC(=O)NC(=O)COC(=O)c1ccccc1SCc1csc(C)n1. The number of nitrogens with one attached hydrogen (secondary N) is 2. The molecule has 0 saturated carbocycles. The fourth-order valence-corrected chi connectivity index (χ4v) is 3.69. The summed E-state index contributed by atoms with van der Waals surface area (Å²) in [6, 6.07) is 6.41. The normalized spacial score (nSPS) is 10.3. The molecule has 0 fully saturated rings. The monoisotopic (exact) mass is 407 g/mol. The number of carbonyl (C=O) groups excluding carboxylic acids is 3. The average molecular weight is 408 g/mol. The van der Waals surface area contributed by atoms with Gasteiger partial charge in [-0.3, -0.25) is 10.1 Å². The van der Waals surface area contributed by atoms with Gasteiger partial charge in [0.25, 0.3) is 5.91 Å². The summed E-state index contributed by atoms with van der Waals surface area (Å²) in [5.41, 5.74) is 1.32. The van der Waals surface area contributed by atoms with E-state index in [1.165, 1.54) is 11.8 Å². The molecule has 0 aliphatic rings. The highest BCUT2D eigenvalue weighted by Gasteiger charge is 2.16. The van der Waals surface area contributed by atoms with Crippen molar-refractivity contribution in [3.8, 4) is 0 Å². The molecular formula is C18H21N3O4S2. The van der Waals surface area contributed by atoms with Gasteiger partial charge < -0.3 is 10.1 Å². The molecule has 2 N–H and O–H groups in total. The summed E-state index contributed by atoms with van der Waals surface area (Å²) in [6.07, 6.45) is 0.755. The number of amides is 3. The zero-order valence-corrected chi connectivity index (χ0v) is 16.7. The molecule has 3 amide bonds. The lowest BCUT2D eigenvalue weighted by Crippen LogP contribution is -2.41. The van der Waals surface area contributed by atoms with Crippen molar-refractivity contribution < 1.29 is 19.1 Å². The van der Waals surface area contributed by atoms with Gasteiger partial charge in [0.05, 0.1) is 16.3 Å². The molecule has 144 valence electrons. The van der Waals surface area contributed by atoms with Gasteiger partial charge in [-0.1, -0.05) is 19.1 Å². The van der Waals surface area contributed by atoms with Crippen molar-refractivity contribution in [1.82, 2.24) is 15.6 Å². The summed E-state index contributed by atoms with van der Waals surface area (Å²) in [7, 11) is 0. The quantitative estimate of drug-likeness (QED) is 0.515. The predicted molar refractivity (Wildman–Crippen MR) is 105 cm³/mol. The molecule has 0 aliphatic carbocycles. The van der Waals surface area contributed by atoms with Gasteiger partial charge in [0.1, 0.15) is 0 Å². The van der Waals surface area contributed by atoms with Gasteiger partial charge >= 0.3 is 12.0 Å². The van der Waals surface area contributed by atoms with Gasteiger partial charge in [0.2, 0.25) is 0 Å². The molecule has 0 aliphatic heterocycles. The van der Waals surface area contributed by atoms with Gasteiger partial charge in [0.15, 0.2) is 6.61 Å². The highest BCUT2D eigenvalue weighted by atomic mass is 32.2. The number of imide groups is 1. The van der Waals surface area contributed by atoms with Crippen LogP contribution < -0.4 is 10.6 Å². The van der Waals surface area contributed by atoms with E-state index in [0.29, 0.717) is 17.9 Å². The molecule has 27 heavy (non-hydrogen) atoms. The topological polar surface area (TPSA) is 97.4 Å². The van der Waals surface area contributed by atoms with E-state index >= 15 is 0 Å². The molecule has 7 nitrogen and oxygen atoms in total. The number of esters is 1. The zero-order chi connectivity index (χ0) is 19.6. The van der Waals surface area contributed by atoms with Crippen LogP contribution >= 0.6 is 23.1 Å². The molecule has 9 heteroatoms. The third-order valence-corrected chi connectivity index (χ3v) is 5.20. The van der Waals surface area contributed by atoms with E-state index in [9.17, 15) is 14.4 Å². The van der Waals surface area contributed by atoms with Crippen molar-refractivity contribution in [3.05, 3.63) is 45.9 Å². The van der Waals surface area contributed by atoms with Crippen molar-refractivity contribution in [1.29, 1.82) is 0 Å². The summed E-state index contributed by atoms with van der Waals surface area (Å²) >= 11 is 3.05. The number of urea groups is 1. The van der Waals surface area contributed by atoms with Crippen molar-refractivity contribution >= 4 is 41.0 Å². The summed E-state index contributed by atoms with van der Waals surface area (Å²) < 4.78 is 5.03. The number of benzene rings is 1. The molecular weight excluding hydrogens is 386 g/mol. The minimum absolute atomic E-state index is 0.373. The van der Waals surface area contributed by atoms with Crippen LogP contribution in [-0.2, 0) is 15.3 Å². The Morgan fingerprint density at radius 2 is 2.04 bits per heavy atom. The maximum absolute atomic E-state index is 12.3. The van der Waals surface area contributed by atoms with E-state index < -0.39 is 24.5 Å². The first-order valence-corrected chi connectivity index (χ1v) is 10.2. The average Bonchev–Trinajstić information content (AvgIpc) is 3.08. The standard InChI is InChI=1S/C18H21N3O4S2/c1-3-8-19-18(24)21-16(22)9-25-17(23)14-6-4-5-7-15(14)27-11-13-10-26-12(2)20-13/h4-7,10H,3,8-9,11H2,1-2H3,(H2,19,21,22,24). The molecule has 0 unspecified atom stereocenters. The summed E-state index contributed by atoms with van der Waals surface area (Å²) in [5, 5.41) is 7.59. The molecule has 0 radical (unpaired) electrons. The van der Waals surface area contributed by atoms with Gasteiger partial charge in [-0.15, -0.1) is 23.1 Å². The lowest BCUT2D eigenvalue weighted by atomic mass is 10.2. The number of aromatic nitrogens is 1. The highest BCUT2D eigenvalue weighted by Crippen LogP contribution is 2.27. The third kappa shape index (κ3) is 7.03. The molecule has 0 atom stereocenters. The number of hydrogen-bond acceptors (Lipinski definition) is 7. The van der Waals surface area contributed by atoms with Crippen LogP contribution in [0.4, 0.5) is 4.79 Å². The second kappa shape index (κ2) is 10.7. The van der Waals surface area contributed by atoms with Crippen LogP contribution in [0.15, 0.2) is 34.5 Å². The largest absolute Gasteiger partial charge is 0.452 e. The van der Waals surface area contributed by atoms with Gasteiger partial charge in [-0.25, -0.2) is 14.6 Å². The number of hydrogen-bond donors (Lipinski definition) is 2. The Morgan fingerprint density at radius 3 is 2.74 bits per heavy atom. The Hall–Kier alpha value is -2.39. The second-order valence-corrected chi connectivity index (χ2v) is 7.60. The number of rotatable bonds is 8. The fourth-order valence-electron chi connectivity index (χ4n) is 2.04. The molecule has 2 rings (SSSR count). The Labute approximate surface area is 165 Å². The van der Waals surface area contributed by atoms with Gasteiger partial charge in [-0.2, -0.15) is 0 Å². The minimum atomic E-state index is -0.681. The van der Waals surface area contributed by atoms with Crippen LogP contribution in [0.1, 0.15) is 34.4 Å². The van der Waals surface area contributed by atoms with Gasteiger partial charge in [-0.05, 0) is 25.5 Å². The Morgan fingerprint density at radius 1 is 1.26 bits per heavy atom. The van der Waals surface area contributed by atoms with E-state index in [1.54, 1.807) is 23.5 Å².